The van der Waals surface area contributed by atoms with E-state index in [9.17, 15) is 0 Å². The van der Waals surface area contributed by atoms with Crippen molar-refractivity contribution in [2.75, 3.05) is 24.5 Å². The second kappa shape index (κ2) is 6.40. The largest absolute Gasteiger partial charge is 0.368 e. The van der Waals surface area contributed by atoms with Crippen molar-refractivity contribution < 1.29 is 0 Å². The van der Waals surface area contributed by atoms with Gasteiger partial charge in [0.15, 0.2) is 0 Å². The van der Waals surface area contributed by atoms with Gasteiger partial charge in [0, 0.05) is 28.1 Å². The molecular weight excluding hydrogens is 356 g/mol. The number of hydrogen-bond donors (Lipinski definition) is 1. The third kappa shape index (κ3) is 3.28. The third-order valence-corrected chi connectivity index (χ3v) is 4.77. The molecule has 1 aliphatic rings. The van der Waals surface area contributed by atoms with Crippen molar-refractivity contribution in [1.29, 1.82) is 0 Å². The first-order chi connectivity index (χ1) is 8.59. The van der Waals surface area contributed by atoms with Gasteiger partial charge in [0.2, 0.25) is 0 Å². The molecule has 18 heavy (non-hydrogen) atoms. The van der Waals surface area contributed by atoms with Crippen LogP contribution in [0.15, 0.2) is 27.1 Å². The fourth-order valence-electron chi connectivity index (χ4n) is 2.39. The van der Waals surface area contributed by atoms with Crippen LogP contribution in [0.25, 0.3) is 0 Å². The van der Waals surface area contributed by atoms with E-state index in [-0.39, 0.29) is 0 Å². The monoisotopic (exact) mass is 374 g/mol. The van der Waals surface area contributed by atoms with E-state index in [0.717, 1.165) is 19.6 Å². The Hall–Kier alpha value is -0.0600. The van der Waals surface area contributed by atoms with Crippen molar-refractivity contribution in [2.24, 2.45) is 5.92 Å². The fraction of sp³-hybridized carbons (Fsp3) is 0.571. The van der Waals surface area contributed by atoms with Crippen LogP contribution in [0.2, 0.25) is 0 Å². The van der Waals surface area contributed by atoms with Gasteiger partial charge in [0.05, 0.1) is 5.69 Å². The van der Waals surface area contributed by atoms with Crippen molar-refractivity contribution in [3.8, 4) is 0 Å². The number of nitrogens with zero attached hydrogens (tertiary/aromatic N) is 1. The number of halogens is 2. The van der Waals surface area contributed by atoms with Gasteiger partial charge in [-0.3, -0.25) is 0 Å². The summed E-state index contributed by atoms with van der Waals surface area (Å²) in [7, 11) is 0. The first-order valence-electron chi connectivity index (χ1n) is 6.52. The Morgan fingerprint density at radius 3 is 2.56 bits per heavy atom. The highest BCUT2D eigenvalue weighted by Crippen LogP contribution is 2.34. The average Bonchev–Trinajstić information content (AvgIpc) is 2.54. The molecule has 1 aromatic carbocycles. The fourth-order valence-corrected chi connectivity index (χ4v) is 3.89. The Morgan fingerprint density at radius 2 is 1.94 bits per heavy atom. The number of hydrogen-bond acceptors (Lipinski definition) is 2. The standard InChI is InChI=1S/C14H20Br2N2/c1-10(2)13-9-18(8-4-7-17-13)14-11(15)5-3-6-12(14)16/h3,5-6,10,13,17H,4,7-9H2,1-2H3. The van der Waals surface area contributed by atoms with Gasteiger partial charge in [-0.25, -0.2) is 0 Å². The molecule has 1 unspecified atom stereocenters. The maximum atomic E-state index is 3.67. The second-order valence-corrected chi connectivity index (χ2v) is 6.88. The highest BCUT2D eigenvalue weighted by Gasteiger charge is 2.22. The summed E-state index contributed by atoms with van der Waals surface area (Å²) in [5.41, 5.74) is 1.28. The van der Waals surface area contributed by atoms with Crippen LogP contribution in [0.3, 0.4) is 0 Å². The van der Waals surface area contributed by atoms with Gasteiger partial charge >= 0.3 is 0 Å². The lowest BCUT2D eigenvalue weighted by Gasteiger charge is -2.30. The van der Waals surface area contributed by atoms with E-state index in [2.05, 4.69) is 74.1 Å². The predicted molar refractivity (Wildman–Crippen MR) is 85.3 cm³/mol. The van der Waals surface area contributed by atoms with Crippen LogP contribution in [0.1, 0.15) is 20.3 Å². The summed E-state index contributed by atoms with van der Waals surface area (Å²) in [4.78, 5) is 2.48. The van der Waals surface area contributed by atoms with E-state index in [0.29, 0.717) is 12.0 Å². The molecule has 0 amide bonds. The van der Waals surface area contributed by atoms with Crippen molar-refractivity contribution in [1.82, 2.24) is 5.32 Å². The molecule has 0 bridgehead atoms. The molecule has 1 N–H and O–H groups in total. The zero-order valence-corrected chi connectivity index (χ0v) is 14.1. The Labute approximate surface area is 126 Å². The summed E-state index contributed by atoms with van der Waals surface area (Å²) in [5.74, 6) is 0.659. The van der Waals surface area contributed by atoms with Crippen LogP contribution in [0.4, 0.5) is 5.69 Å². The van der Waals surface area contributed by atoms with Gasteiger partial charge in [-0.1, -0.05) is 19.9 Å². The molecule has 0 saturated carbocycles. The van der Waals surface area contributed by atoms with Crippen LogP contribution < -0.4 is 10.2 Å². The zero-order chi connectivity index (χ0) is 13.1. The number of nitrogens with one attached hydrogen (secondary N) is 1. The Balaban J connectivity index is 2.25. The first kappa shape index (κ1) is 14.4. The molecule has 4 heteroatoms. The minimum absolute atomic E-state index is 0.562. The zero-order valence-electron chi connectivity index (χ0n) is 10.9. The topological polar surface area (TPSA) is 15.3 Å². The third-order valence-electron chi connectivity index (χ3n) is 3.49. The second-order valence-electron chi connectivity index (χ2n) is 5.17. The van der Waals surface area contributed by atoms with Gasteiger partial charge in [-0.05, 0) is 62.9 Å². The van der Waals surface area contributed by atoms with Gasteiger partial charge < -0.3 is 10.2 Å². The molecule has 1 atom stereocenters. The maximum absolute atomic E-state index is 3.67. The van der Waals surface area contributed by atoms with E-state index in [1.54, 1.807) is 0 Å². The summed E-state index contributed by atoms with van der Waals surface area (Å²) in [6.07, 6.45) is 1.19. The summed E-state index contributed by atoms with van der Waals surface area (Å²) < 4.78 is 2.34. The molecule has 1 saturated heterocycles. The van der Waals surface area contributed by atoms with E-state index < -0.39 is 0 Å². The average molecular weight is 376 g/mol. The molecule has 0 spiro atoms. The lowest BCUT2D eigenvalue weighted by molar-refractivity contribution is 0.420. The molecule has 0 aromatic heterocycles. The molecule has 1 heterocycles. The quantitative estimate of drug-likeness (QED) is 0.839. The number of anilines is 1. The van der Waals surface area contributed by atoms with Crippen molar-refractivity contribution in [2.45, 2.75) is 26.3 Å². The van der Waals surface area contributed by atoms with E-state index in [4.69, 9.17) is 0 Å². The lowest BCUT2D eigenvalue weighted by atomic mass is 10.0. The highest BCUT2D eigenvalue weighted by molar-refractivity contribution is 9.11. The van der Waals surface area contributed by atoms with Crippen LogP contribution in [-0.2, 0) is 0 Å². The molecule has 1 aromatic rings. The van der Waals surface area contributed by atoms with Gasteiger partial charge in [-0.2, -0.15) is 0 Å². The first-order valence-corrected chi connectivity index (χ1v) is 8.10. The van der Waals surface area contributed by atoms with E-state index >= 15 is 0 Å². The molecule has 1 aliphatic heterocycles. The molecule has 2 rings (SSSR count). The summed E-state index contributed by atoms with van der Waals surface area (Å²) in [5, 5.41) is 3.65. The van der Waals surface area contributed by atoms with Crippen LogP contribution in [0.5, 0.6) is 0 Å². The van der Waals surface area contributed by atoms with Crippen LogP contribution in [-0.4, -0.2) is 25.7 Å². The summed E-state index contributed by atoms with van der Waals surface area (Å²) in [6, 6.07) is 6.85. The van der Waals surface area contributed by atoms with E-state index in [1.165, 1.54) is 21.1 Å². The molecule has 1 fully saturated rings. The minimum Gasteiger partial charge on any atom is -0.368 e. The Morgan fingerprint density at radius 1 is 1.28 bits per heavy atom. The number of rotatable bonds is 2. The Bertz CT molecular complexity index is 387. The summed E-state index contributed by atoms with van der Waals surface area (Å²) in [6.45, 7) is 7.87. The molecule has 0 radical (unpaired) electrons. The molecular formula is C14H20Br2N2. The molecule has 2 nitrogen and oxygen atoms in total. The van der Waals surface area contributed by atoms with Gasteiger partial charge in [0.1, 0.15) is 0 Å². The minimum atomic E-state index is 0.562. The van der Waals surface area contributed by atoms with Gasteiger partial charge in [0.25, 0.3) is 0 Å². The lowest BCUT2D eigenvalue weighted by Crippen LogP contribution is -2.41. The maximum Gasteiger partial charge on any atom is 0.0655 e. The van der Waals surface area contributed by atoms with Crippen LogP contribution >= 0.6 is 31.9 Å². The number of para-hydroxylation sites is 1. The molecule has 100 valence electrons. The Kier molecular flexibility index (Phi) is 5.10. The van der Waals surface area contributed by atoms with Gasteiger partial charge in [-0.15, -0.1) is 0 Å². The van der Waals surface area contributed by atoms with E-state index in [1.807, 2.05) is 0 Å². The SMILES string of the molecule is CC(C)C1CN(c2c(Br)cccc2Br)CCCN1. The highest BCUT2D eigenvalue weighted by atomic mass is 79.9. The van der Waals surface area contributed by atoms with Crippen molar-refractivity contribution in [3.05, 3.63) is 27.1 Å². The van der Waals surface area contributed by atoms with Crippen LogP contribution in [0, 0.1) is 5.92 Å². The smallest absolute Gasteiger partial charge is 0.0655 e. The summed E-state index contributed by atoms with van der Waals surface area (Å²) >= 11 is 7.35. The van der Waals surface area contributed by atoms with Crippen molar-refractivity contribution >= 4 is 37.5 Å². The predicted octanol–water partition coefficient (Wildman–Crippen LogP) is 4.04. The van der Waals surface area contributed by atoms with Crippen molar-refractivity contribution in [3.63, 3.8) is 0 Å². The molecule has 0 aliphatic carbocycles. The normalized spacial score (nSPS) is 21.2. The number of benzene rings is 1.